The predicted octanol–water partition coefficient (Wildman–Crippen LogP) is 2.08. The average Bonchev–Trinajstić information content (AvgIpc) is 2.35. The molecule has 2 N–H and O–H groups in total. The molecule has 1 rings (SSSR count). The Hall–Kier alpha value is -0.120. The van der Waals surface area contributed by atoms with Gasteiger partial charge in [-0.05, 0) is 51.5 Å². The van der Waals surface area contributed by atoms with Gasteiger partial charge < -0.3 is 15.2 Å². The zero-order valence-corrected chi connectivity index (χ0v) is 10.7. The van der Waals surface area contributed by atoms with E-state index >= 15 is 0 Å². The lowest BCUT2D eigenvalue weighted by molar-refractivity contribution is 0.0624. The summed E-state index contributed by atoms with van der Waals surface area (Å²) in [6, 6.07) is 0.671. The van der Waals surface area contributed by atoms with E-state index in [4.69, 9.17) is 4.74 Å². The summed E-state index contributed by atoms with van der Waals surface area (Å²) in [4.78, 5) is 0. The minimum absolute atomic E-state index is 0.106. The standard InChI is InChI=1S/C13H27NO2/c1-3-12(15)5-4-10-14-11-6-8-13(16-2)9-7-11/h11-15H,3-10H2,1-2H3. The molecule has 1 aliphatic rings. The highest BCUT2D eigenvalue weighted by atomic mass is 16.5. The summed E-state index contributed by atoms with van der Waals surface area (Å²) in [6.07, 6.45) is 8.10. The molecule has 1 fully saturated rings. The summed E-state index contributed by atoms with van der Waals surface area (Å²) in [5, 5.41) is 13.0. The summed E-state index contributed by atoms with van der Waals surface area (Å²) in [6.45, 7) is 3.07. The van der Waals surface area contributed by atoms with Gasteiger partial charge in [0.1, 0.15) is 0 Å². The van der Waals surface area contributed by atoms with Gasteiger partial charge in [-0.2, -0.15) is 0 Å². The molecule has 3 nitrogen and oxygen atoms in total. The number of ether oxygens (including phenoxy) is 1. The molecule has 1 unspecified atom stereocenters. The van der Waals surface area contributed by atoms with E-state index in [2.05, 4.69) is 5.32 Å². The van der Waals surface area contributed by atoms with Gasteiger partial charge in [0, 0.05) is 13.2 Å². The summed E-state index contributed by atoms with van der Waals surface area (Å²) in [7, 11) is 1.81. The molecule has 1 atom stereocenters. The lowest BCUT2D eigenvalue weighted by Crippen LogP contribution is -2.35. The van der Waals surface area contributed by atoms with Crippen molar-refractivity contribution < 1.29 is 9.84 Å². The van der Waals surface area contributed by atoms with Crippen LogP contribution in [-0.2, 0) is 4.74 Å². The fourth-order valence-electron chi connectivity index (χ4n) is 2.35. The molecule has 0 bridgehead atoms. The van der Waals surface area contributed by atoms with Crippen LogP contribution < -0.4 is 5.32 Å². The first-order valence-corrected chi connectivity index (χ1v) is 6.70. The number of nitrogens with one attached hydrogen (secondary N) is 1. The lowest BCUT2D eigenvalue weighted by atomic mass is 9.93. The molecule has 0 saturated heterocycles. The molecular formula is C13H27NO2. The number of hydrogen-bond donors (Lipinski definition) is 2. The van der Waals surface area contributed by atoms with Crippen molar-refractivity contribution in [2.45, 2.75) is 70.1 Å². The number of aliphatic hydroxyl groups excluding tert-OH is 1. The highest BCUT2D eigenvalue weighted by Gasteiger charge is 2.19. The third-order valence-corrected chi connectivity index (χ3v) is 3.63. The third-order valence-electron chi connectivity index (χ3n) is 3.63. The summed E-state index contributed by atoms with van der Waals surface area (Å²) in [5.41, 5.74) is 0. The highest BCUT2D eigenvalue weighted by molar-refractivity contribution is 4.77. The molecule has 0 aliphatic heterocycles. The van der Waals surface area contributed by atoms with Crippen molar-refractivity contribution in [3.05, 3.63) is 0 Å². The topological polar surface area (TPSA) is 41.5 Å². The first-order chi connectivity index (χ1) is 7.76. The van der Waals surface area contributed by atoms with Gasteiger partial charge in [-0.1, -0.05) is 6.92 Å². The molecule has 0 aromatic carbocycles. The van der Waals surface area contributed by atoms with Crippen molar-refractivity contribution in [3.63, 3.8) is 0 Å². The van der Waals surface area contributed by atoms with Crippen LogP contribution in [0.15, 0.2) is 0 Å². The van der Waals surface area contributed by atoms with Crippen LogP contribution in [0.5, 0.6) is 0 Å². The van der Waals surface area contributed by atoms with Gasteiger partial charge in [-0.25, -0.2) is 0 Å². The summed E-state index contributed by atoms with van der Waals surface area (Å²) in [5.74, 6) is 0. The molecule has 1 saturated carbocycles. The Morgan fingerprint density at radius 3 is 2.56 bits per heavy atom. The Balaban J connectivity index is 1.98. The van der Waals surface area contributed by atoms with Gasteiger partial charge in [-0.3, -0.25) is 0 Å². The quantitative estimate of drug-likeness (QED) is 0.657. The van der Waals surface area contributed by atoms with Crippen molar-refractivity contribution in [2.75, 3.05) is 13.7 Å². The van der Waals surface area contributed by atoms with Crippen LogP contribution in [0.2, 0.25) is 0 Å². The molecule has 0 aromatic rings. The second kappa shape index (κ2) is 8.04. The van der Waals surface area contributed by atoms with E-state index in [0.717, 1.165) is 25.8 Å². The van der Waals surface area contributed by atoms with Crippen molar-refractivity contribution in [3.8, 4) is 0 Å². The number of rotatable bonds is 7. The Kier molecular flexibility index (Phi) is 7.01. The Bertz CT molecular complexity index is 167. The number of methoxy groups -OCH3 is 1. The van der Waals surface area contributed by atoms with E-state index in [1.54, 1.807) is 0 Å². The number of aliphatic hydroxyl groups is 1. The third kappa shape index (κ3) is 5.28. The molecule has 96 valence electrons. The Morgan fingerprint density at radius 2 is 2.00 bits per heavy atom. The molecule has 0 radical (unpaired) electrons. The van der Waals surface area contributed by atoms with Gasteiger partial charge >= 0.3 is 0 Å². The van der Waals surface area contributed by atoms with Crippen LogP contribution >= 0.6 is 0 Å². The van der Waals surface area contributed by atoms with E-state index in [-0.39, 0.29) is 6.10 Å². The second-order valence-corrected chi connectivity index (χ2v) is 4.87. The molecule has 3 heteroatoms. The fraction of sp³-hybridized carbons (Fsp3) is 1.00. The van der Waals surface area contributed by atoms with Crippen LogP contribution in [0.1, 0.15) is 51.9 Å². The van der Waals surface area contributed by atoms with Crippen LogP contribution in [0.4, 0.5) is 0 Å². The molecule has 1 aliphatic carbocycles. The smallest absolute Gasteiger partial charge is 0.0572 e. The van der Waals surface area contributed by atoms with Crippen molar-refractivity contribution in [2.24, 2.45) is 0 Å². The second-order valence-electron chi connectivity index (χ2n) is 4.87. The van der Waals surface area contributed by atoms with E-state index in [9.17, 15) is 5.11 Å². The van der Waals surface area contributed by atoms with Gasteiger partial charge in [0.05, 0.1) is 12.2 Å². The monoisotopic (exact) mass is 229 g/mol. The lowest BCUT2D eigenvalue weighted by Gasteiger charge is -2.28. The first kappa shape index (κ1) is 13.9. The molecule has 0 amide bonds. The van der Waals surface area contributed by atoms with E-state index < -0.39 is 0 Å². The number of hydrogen-bond acceptors (Lipinski definition) is 3. The minimum Gasteiger partial charge on any atom is -0.393 e. The molecule has 16 heavy (non-hydrogen) atoms. The van der Waals surface area contributed by atoms with Gasteiger partial charge in [0.15, 0.2) is 0 Å². The van der Waals surface area contributed by atoms with Gasteiger partial charge in [0.25, 0.3) is 0 Å². The zero-order valence-electron chi connectivity index (χ0n) is 10.7. The molecule has 0 heterocycles. The average molecular weight is 229 g/mol. The van der Waals surface area contributed by atoms with Crippen LogP contribution in [0.3, 0.4) is 0 Å². The fourth-order valence-corrected chi connectivity index (χ4v) is 2.35. The van der Waals surface area contributed by atoms with Crippen molar-refractivity contribution >= 4 is 0 Å². The minimum atomic E-state index is -0.106. The summed E-state index contributed by atoms with van der Waals surface area (Å²) < 4.78 is 5.35. The van der Waals surface area contributed by atoms with Crippen molar-refractivity contribution in [1.82, 2.24) is 5.32 Å². The normalized spacial score (nSPS) is 27.9. The van der Waals surface area contributed by atoms with Crippen LogP contribution in [0, 0.1) is 0 Å². The first-order valence-electron chi connectivity index (χ1n) is 6.70. The van der Waals surface area contributed by atoms with Crippen LogP contribution in [0.25, 0.3) is 0 Å². The largest absolute Gasteiger partial charge is 0.393 e. The zero-order chi connectivity index (χ0) is 11.8. The van der Waals surface area contributed by atoms with Crippen molar-refractivity contribution in [1.29, 1.82) is 0 Å². The highest BCUT2D eigenvalue weighted by Crippen LogP contribution is 2.20. The predicted molar refractivity (Wildman–Crippen MR) is 66.6 cm³/mol. The van der Waals surface area contributed by atoms with Gasteiger partial charge in [-0.15, -0.1) is 0 Å². The molecular weight excluding hydrogens is 202 g/mol. The van der Waals surface area contributed by atoms with E-state index in [1.165, 1.54) is 25.7 Å². The van der Waals surface area contributed by atoms with Crippen LogP contribution in [-0.4, -0.2) is 37.0 Å². The maximum absolute atomic E-state index is 9.42. The van der Waals surface area contributed by atoms with E-state index in [0.29, 0.717) is 12.1 Å². The maximum Gasteiger partial charge on any atom is 0.0572 e. The Labute approximate surface area is 99.6 Å². The van der Waals surface area contributed by atoms with Gasteiger partial charge in [0.2, 0.25) is 0 Å². The van der Waals surface area contributed by atoms with E-state index in [1.807, 2.05) is 14.0 Å². The summed E-state index contributed by atoms with van der Waals surface area (Å²) >= 11 is 0. The Morgan fingerprint density at radius 1 is 1.31 bits per heavy atom. The maximum atomic E-state index is 9.42. The molecule has 0 aromatic heterocycles. The molecule has 0 spiro atoms. The SMILES string of the molecule is CCC(O)CCCNC1CCC(OC)CC1.